The molecule has 4 aromatic rings. The van der Waals surface area contributed by atoms with Gasteiger partial charge in [0.05, 0.1) is 38.5 Å². The molecule has 1 amide bonds. The highest BCUT2D eigenvalue weighted by molar-refractivity contribution is 6.32. The molecule has 12 heteroatoms. The number of imidazole rings is 1. The molecule has 198 valence electrons. The first-order valence-electron chi connectivity index (χ1n) is 12.0. The van der Waals surface area contributed by atoms with Gasteiger partial charge in [-0.1, -0.05) is 23.2 Å². The van der Waals surface area contributed by atoms with Crippen molar-refractivity contribution in [3.05, 3.63) is 86.5 Å². The van der Waals surface area contributed by atoms with Gasteiger partial charge in [0.2, 0.25) is 0 Å². The van der Waals surface area contributed by atoms with Gasteiger partial charge >= 0.3 is 5.69 Å². The molecule has 0 aliphatic heterocycles. The van der Waals surface area contributed by atoms with Gasteiger partial charge in [-0.05, 0) is 61.9 Å². The molecule has 1 saturated carbocycles. The van der Waals surface area contributed by atoms with Crippen molar-refractivity contribution in [1.29, 1.82) is 0 Å². The van der Waals surface area contributed by atoms with Crippen LogP contribution in [0.1, 0.15) is 48.2 Å². The number of aromatic nitrogens is 4. The summed E-state index contributed by atoms with van der Waals surface area (Å²) < 4.78 is 43.6. The first-order chi connectivity index (χ1) is 18.2. The molecule has 0 radical (unpaired) electrons. The van der Waals surface area contributed by atoms with Crippen LogP contribution in [-0.2, 0) is 6.54 Å². The van der Waals surface area contributed by atoms with Crippen molar-refractivity contribution >= 4 is 40.1 Å². The van der Waals surface area contributed by atoms with Gasteiger partial charge in [0, 0.05) is 25.0 Å². The van der Waals surface area contributed by atoms with Crippen molar-refractivity contribution in [1.82, 2.24) is 24.4 Å². The van der Waals surface area contributed by atoms with E-state index in [1.165, 1.54) is 28.8 Å². The van der Waals surface area contributed by atoms with E-state index in [2.05, 4.69) is 15.3 Å². The summed E-state index contributed by atoms with van der Waals surface area (Å²) in [5.74, 6) is -1.03. The molecule has 3 heterocycles. The molecule has 1 fully saturated rings. The molecule has 1 aromatic carbocycles. The first-order valence-corrected chi connectivity index (χ1v) is 12.7. The summed E-state index contributed by atoms with van der Waals surface area (Å²) in [6, 6.07) is 6.55. The summed E-state index contributed by atoms with van der Waals surface area (Å²) in [5.41, 5.74) is 0.190. The Morgan fingerprint density at radius 3 is 2.58 bits per heavy atom. The van der Waals surface area contributed by atoms with Gasteiger partial charge in [-0.15, -0.1) is 0 Å². The van der Waals surface area contributed by atoms with Crippen molar-refractivity contribution in [2.45, 2.75) is 44.7 Å². The Bertz CT molecular complexity index is 1560. The minimum Gasteiger partial charge on any atom is -0.349 e. The number of carbonyl (C=O) groups is 1. The highest BCUT2D eigenvalue weighted by Gasteiger charge is 2.27. The van der Waals surface area contributed by atoms with Crippen LogP contribution in [0.2, 0.25) is 10.0 Å². The minimum atomic E-state index is -2.90. The topological polar surface area (TPSA) is 81.8 Å². The molecule has 3 aromatic heterocycles. The second-order valence-electron chi connectivity index (χ2n) is 9.27. The summed E-state index contributed by atoms with van der Waals surface area (Å²) in [6.07, 6.45) is 3.93. The van der Waals surface area contributed by atoms with Gasteiger partial charge in [-0.25, -0.2) is 18.0 Å². The maximum absolute atomic E-state index is 14.0. The van der Waals surface area contributed by atoms with Crippen molar-refractivity contribution in [3.63, 3.8) is 0 Å². The molecule has 1 N–H and O–H groups in total. The number of alkyl halides is 2. The summed E-state index contributed by atoms with van der Waals surface area (Å²) in [5, 5.41) is 3.15. The summed E-state index contributed by atoms with van der Waals surface area (Å²) in [7, 11) is 0. The van der Waals surface area contributed by atoms with Gasteiger partial charge in [0.15, 0.2) is 0 Å². The maximum Gasteiger partial charge on any atom is 0.333 e. The zero-order chi connectivity index (χ0) is 27.0. The average molecular weight is 564 g/mol. The molecule has 0 unspecified atom stereocenters. The van der Waals surface area contributed by atoms with Crippen LogP contribution in [0.3, 0.4) is 0 Å². The standard InChI is InChI=1S/C26H22Cl2F3N5O2/c27-15-9-18(23(24(30)31)33-11-15)25(37)34-17-4-1-14(2-5-17)13-35-20-7-8-32-12-22(20)36(26(35)38)21-10-16(29)3-6-19(21)28/h3,6-12,14,17,24H,1-2,4-5,13H2,(H,34,37). The molecule has 7 nitrogen and oxygen atoms in total. The van der Waals surface area contributed by atoms with Crippen LogP contribution in [0.5, 0.6) is 0 Å². The van der Waals surface area contributed by atoms with Crippen LogP contribution in [0.15, 0.2) is 53.7 Å². The Morgan fingerprint density at radius 1 is 1.08 bits per heavy atom. The van der Waals surface area contributed by atoms with Crippen molar-refractivity contribution in [3.8, 4) is 5.69 Å². The van der Waals surface area contributed by atoms with Crippen molar-refractivity contribution in [2.24, 2.45) is 5.92 Å². The number of hydrogen-bond acceptors (Lipinski definition) is 4. The fraction of sp³-hybridized carbons (Fsp3) is 0.308. The molecular formula is C26H22Cl2F3N5O2. The van der Waals surface area contributed by atoms with Gasteiger partial charge in [0.25, 0.3) is 12.3 Å². The number of carbonyl (C=O) groups excluding carboxylic acids is 1. The normalized spacial score (nSPS) is 17.7. The van der Waals surface area contributed by atoms with Gasteiger partial charge in [-0.3, -0.25) is 23.9 Å². The predicted octanol–water partition coefficient (Wildman–Crippen LogP) is 5.95. The van der Waals surface area contributed by atoms with Crippen LogP contribution < -0.4 is 11.0 Å². The lowest BCUT2D eigenvalue weighted by atomic mass is 9.85. The lowest BCUT2D eigenvalue weighted by molar-refractivity contribution is 0.0904. The largest absolute Gasteiger partial charge is 0.349 e. The lowest BCUT2D eigenvalue weighted by Gasteiger charge is -2.29. The summed E-state index contributed by atoms with van der Waals surface area (Å²) in [4.78, 5) is 33.9. The third-order valence-electron chi connectivity index (χ3n) is 6.84. The highest BCUT2D eigenvalue weighted by Crippen LogP contribution is 2.29. The monoisotopic (exact) mass is 563 g/mol. The van der Waals surface area contributed by atoms with E-state index >= 15 is 0 Å². The van der Waals surface area contributed by atoms with E-state index < -0.39 is 23.8 Å². The molecule has 0 atom stereocenters. The first kappa shape index (κ1) is 26.2. The molecular weight excluding hydrogens is 542 g/mol. The van der Waals surface area contributed by atoms with Crippen LogP contribution in [0.25, 0.3) is 16.7 Å². The van der Waals surface area contributed by atoms with E-state index in [0.29, 0.717) is 43.3 Å². The number of fused-ring (bicyclic) bond motifs is 1. The highest BCUT2D eigenvalue weighted by atomic mass is 35.5. The number of amides is 1. The number of halogens is 5. The number of nitrogens with one attached hydrogen (secondary N) is 1. The third-order valence-corrected chi connectivity index (χ3v) is 7.37. The lowest BCUT2D eigenvalue weighted by Crippen LogP contribution is -2.39. The zero-order valence-electron chi connectivity index (χ0n) is 19.9. The molecule has 1 aliphatic carbocycles. The summed E-state index contributed by atoms with van der Waals surface area (Å²) in [6.45, 7) is 0.410. The van der Waals surface area contributed by atoms with E-state index in [1.807, 2.05) is 0 Å². The number of rotatable bonds is 6. The molecule has 38 heavy (non-hydrogen) atoms. The van der Waals surface area contributed by atoms with E-state index in [4.69, 9.17) is 23.2 Å². The quantitative estimate of drug-likeness (QED) is 0.314. The fourth-order valence-corrected chi connectivity index (χ4v) is 5.35. The Morgan fingerprint density at radius 2 is 1.84 bits per heavy atom. The second kappa shape index (κ2) is 10.8. The molecule has 0 spiro atoms. The predicted molar refractivity (Wildman–Crippen MR) is 138 cm³/mol. The minimum absolute atomic E-state index is 0.0996. The Balaban J connectivity index is 1.32. The Hall–Kier alpha value is -3.37. The van der Waals surface area contributed by atoms with E-state index in [1.54, 1.807) is 23.0 Å². The Labute approximate surface area is 225 Å². The van der Waals surface area contributed by atoms with E-state index in [0.717, 1.165) is 6.20 Å². The third kappa shape index (κ3) is 5.15. The molecule has 5 rings (SSSR count). The van der Waals surface area contributed by atoms with Gasteiger partial charge < -0.3 is 5.32 Å². The smallest absolute Gasteiger partial charge is 0.333 e. The Kier molecular flexibility index (Phi) is 7.45. The molecule has 1 aliphatic rings. The van der Waals surface area contributed by atoms with E-state index in [9.17, 15) is 22.8 Å². The van der Waals surface area contributed by atoms with Crippen LogP contribution in [0.4, 0.5) is 13.2 Å². The van der Waals surface area contributed by atoms with Crippen LogP contribution in [0, 0.1) is 11.7 Å². The van der Waals surface area contributed by atoms with E-state index in [-0.39, 0.29) is 38.9 Å². The number of hydrogen-bond donors (Lipinski definition) is 1. The number of benzene rings is 1. The van der Waals surface area contributed by atoms with Crippen molar-refractivity contribution in [2.75, 3.05) is 0 Å². The van der Waals surface area contributed by atoms with Crippen molar-refractivity contribution < 1.29 is 18.0 Å². The second-order valence-corrected chi connectivity index (χ2v) is 10.1. The maximum atomic E-state index is 14.0. The summed E-state index contributed by atoms with van der Waals surface area (Å²) >= 11 is 12.2. The number of nitrogens with zero attached hydrogens (tertiary/aromatic N) is 4. The average Bonchev–Trinajstić information content (AvgIpc) is 3.17. The number of pyridine rings is 2. The van der Waals surface area contributed by atoms with Gasteiger partial charge in [-0.2, -0.15) is 0 Å². The van der Waals surface area contributed by atoms with Gasteiger partial charge in [0.1, 0.15) is 11.5 Å². The van der Waals surface area contributed by atoms with Crippen LogP contribution in [-0.4, -0.2) is 31.1 Å². The molecule has 0 saturated heterocycles. The SMILES string of the molecule is O=C(NC1CCC(Cn2c(=O)n(-c3cc(F)ccc3Cl)c3cnccc32)CC1)c1cc(Cl)cnc1C(F)F. The molecule has 0 bridgehead atoms. The zero-order valence-corrected chi connectivity index (χ0v) is 21.4. The fourth-order valence-electron chi connectivity index (χ4n) is 4.99. The van der Waals surface area contributed by atoms with Crippen LogP contribution >= 0.6 is 23.2 Å².